The van der Waals surface area contributed by atoms with Crippen LogP contribution in [0.5, 0.6) is 11.5 Å². The fourth-order valence-corrected chi connectivity index (χ4v) is 3.20. The summed E-state index contributed by atoms with van der Waals surface area (Å²) in [6.45, 7) is 5.55. The average Bonchev–Trinajstić information content (AvgIpc) is 3.12. The van der Waals surface area contributed by atoms with Crippen molar-refractivity contribution in [3.63, 3.8) is 0 Å². The molecule has 5 nitrogen and oxygen atoms in total. The summed E-state index contributed by atoms with van der Waals surface area (Å²) in [6.07, 6.45) is 0.744. The van der Waals surface area contributed by atoms with Gasteiger partial charge in [0.1, 0.15) is 18.1 Å². The molecule has 0 radical (unpaired) electrons. The van der Waals surface area contributed by atoms with Crippen LogP contribution >= 0.6 is 11.3 Å². The zero-order valence-corrected chi connectivity index (χ0v) is 16.9. The molecule has 1 N–H and O–H groups in total. The van der Waals surface area contributed by atoms with Crippen molar-refractivity contribution in [2.75, 3.05) is 13.2 Å². The Labute approximate surface area is 169 Å². The summed E-state index contributed by atoms with van der Waals surface area (Å²) in [7, 11) is 0. The minimum atomic E-state index is -0.0998. The highest BCUT2D eigenvalue weighted by molar-refractivity contribution is 7.09. The lowest BCUT2D eigenvalue weighted by molar-refractivity contribution is 0.0951. The molecular weight excluding hydrogens is 372 g/mol. The van der Waals surface area contributed by atoms with Crippen molar-refractivity contribution in [1.29, 1.82) is 0 Å². The van der Waals surface area contributed by atoms with Crippen molar-refractivity contribution in [3.05, 3.63) is 75.7 Å². The van der Waals surface area contributed by atoms with Crippen LogP contribution in [0.2, 0.25) is 0 Å². The molecule has 0 aliphatic rings. The summed E-state index contributed by atoms with van der Waals surface area (Å²) in [5.41, 5.74) is 2.69. The molecule has 0 saturated heterocycles. The van der Waals surface area contributed by atoms with Crippen LogP contribution in [-0.2, 0) is 6.61 Å². The number of thiazole rings is 1. The second-order valence-electron chi connectivity index (χ2n) is 6.45. The highest BCUT2D eigenvalue weighted by atomic mass is 32.1. The lowest BCUT2D eigenvalue weighted by atomic mass is 10.2. The predicted octanol–water partition coefficient (Wildman–Crippen LogP) is 4.54. The van der Waals surface area contributed by atoms with E-state index in [0.29, 0.717) is 31.1 Å². The van der Waals surface area contributed by atoms with E-state index in [1.807, 2.05) is 43.5 Å². The number of nitrogens with zero attached hydrogens (tertiary/aromatic N) is 1. The van der Waals surface area contributed by atoms with E-state index in [-0.39, 0.29) is 5.91 Å². The monoisotopic (exact) mass is 396 g/mol. The van der Waals surface area contributed by atoms with Gasteiger partial charge in [0.05, 0.1) is 17.3 Å². The van der Waals surface area contributed by atoms with Gasteiger partial charge in [-0.2, -0.15) is 0 Å². The topological polar surface area (TPSA) is 60.5 Å². The fourth-order valence-electron chi connectivity index (χ4n) is 2.61. The molecule has 0 atom stereocenters. The van der Waals surface area contributed by atoms with Gasteiger partial charge >= 0.3 is 0 Å². The number of aryl methyl sites for hydroxylation is 2. The van der Waals surface area contributed by atoms with Gasteiger partial charge < -0.3 is 14.8 Å². The largest absolute Gasteiger partial charge is 0.494 e. The first kappa shape index (κ1) is 19.9. The molecule has 2 aromatic carbocycles. The molecule has 0 saturated carbocycles. The van der Waals surface area contributed by atoms with E-state index in [1.165, 1.54) is 5.56 Å². The van der Waals surface area contributed by atoms with Crippen LogP contribution in [0, 0.1) is 13.8 Å². The highest BCUT2D eigenvalue weighted by Crippen LogP contribution is 2.16. The predicted molar refractivity (Wildman–Crippen MR) is 111 cm³/mol. The number of nitrogens with one attached hydrogen (secondary N) is 1. The minimum absolute atomic E-state index is 0.0998. The van der Waals surface area contributed by atoms with Gasteiger partial charge in [-0.05, 0) is 62.2 Å². The Hall–Kier alpha value is -2.86. The Morgan fingerprint density at radius 3 is 2.61 bits per heavy atom. The van der Waals surface area contributed by atoms with Crippen LogP contribution in [0.15, 0.2) is 53.9 Å². The fraction of sp³-hybridized carbons (Fsp3) is 0.273. The molecule has 1 amide bonds. The van der Waals surface area contributed by atoms with Gasteiger partial charge in [0.15, 0.2) is 0 Å². The number of carbonyl (C=O) groups is 1. The molecule has 3 aromatic rings. The molecule has 28 heavy (non-hydrogen) atoms. The van der Waals surface area contributed by atoms with Gasteiger partial charge in [0.25, 0.3) is 5.91 Å². The molecule has 0 bridgehead atoms. The normalized spacial score (nSPS) is 10.5. The second-order valence-corrected chi connectivity index (χ2v) is 7.51. The SMILES string of the molecule is Cc1cccc(OCCCNC(=O)c2ccc(OCc3csc(C)n3)cc2)c1. The van der Waals surface area contributed by atoms with Crippen LogP contribution in [0.4, 0.5) is 0 Å². The van der Waals surface area contributed by atoms with Crippen LogP contribution < -0.4 is 14.8 Å². The zero-order valence-electron chi connectivity index (χ0n) is 16.1. The average molecular weight is 397 g/mol. The summed E-state index contributed by atoms with van der Waals surface area (Å²) in [5, 5.41) is 5.92. The first-order valence-corrected chi connectivity index (χ1v) is 10.1. The van der Waals surface area contributed by atoms with Gasteiger partial charge in [-0.1, -0.05) is 12.1 Å². The zero-order chi connectivity index (χ0) is 19.8. The first-order chi connectivity index (χ1) is 13.6. The van der Waals surface area contributed by atoms with Crippen molar-refractivity contribution in [3.8, 4) is 11.5 Å². The maximum atomic E-state index is 12.2. The van der Waals surface area contributed by atoms with Crippen LogP contribution in [0.25, 0.3) is 0 Å². The molecule has 0 spiro atoms. The Morgan fingerprint density at radius 1 is 1.07 bits per heavy atom. The van der Waals surface area contributed by atoms with Crippen molar-refractivity contribution in [2.45, 2.75) is 26.9 Å². The number of hydrogen-bond donors (Lipinski definition) is 1. The van der Waals surface area contributed by atoms with E-state index < -0.39 is 0 Å². The van der Waals surface area contributed by atoms with Crippen LogP contribution in [-0.4, -0.2) is 24.0 Å². The van der Waals surface area contributed by atoms with E-state index in [9.17, 15) is 4.79 Å². The van der Waals surface area contributed by atoms with Crippen LogP contribution in [0.3, 0.4) is 0 Å². The number of amides is 1. The van der Waals surface area contributed by atoms with Gasteiger partial charge in [0.2, 0.25) is 0 Å². The number of ether oxygens (including phenoxy) is 2. The molecular formula is C22H24N2O3S. The molecule has 6 heteroatoms. The smallest absolute Gasteiger partial charge is 0.251 e. The van der Waals surface area contributed by atoms with Gasteiger partial charge in [-0.3, -0.25) is 4.79 Å². The number of benzene rings is 2. The quantitative estimate of drug-likeness (QED) is 0.540. The van der Waals surface area contributed by atoms with E-state index >= 15 is 0 Å². The molecule has 1 heterocycles. The minimum Gasteiger partial charge on any atom is -0.494 e. The van der Waals surface area contributed by atoms with Crippen molar-refractivity contribution in [1.82, 2.24) is 10.3 Å². The first-order valence-electron chi connectivity index (χ1n) is 9.22. The Morgan fingerprint density at radius 2 is 1.89 bits per heavy atom. The molecule has 0 unspecified atom stereocenters. The molecule has 0 aliphatic carbocycles. The molecule has 3 rings (SSSR count). The maximum absolute atomic E-state index is 12.2. The van der Waals surface area contributed by atoms with E-state index in [2.05, 4.69) is 10.3 Å². The summed E-state index contributed by atoms with van der Waals surface area (Å²) < 4.78 is 11.4. The van der Waals surface area contributed by atoms with Crippen molar-refractivity contribution in [2.24, 2.45) is 0 Å². The number of rotatable bonds is 9. The van der Waals surface area contributed by atoms with E-state index in [4.69, 9.17) is 9.47 Å². The third-order valence-electron chi connectivity index (χ3n) is 4.03. The number of aromatic nitrogens is 1. The van der Waals surface area contributed by atoms with Crippen LogP contribution in [0.1, 0.15) is 33.0 Å². The van der Waals surface area contributed by atoms with E-state index in [0.717, 1.165) is 22.9 Å². The summed E-state index contributed by atoms with van der Waals surface area (Å²) in [4.78, 5) is 16.6. The Balaban J connectivity index is 1.37. The highest BCUT2D eigenvalue weighted by Gasteiger charge is 2.06. The maximum Gasteiger partial charge on any atom is 0.251 e. The summed E-state index contributed by atoms with van der Waals surface area (Å²) in [6, 6.07) is 15.1. The number of carbonyl (C=O) groups excluding carboxylic acids is 1. The second kappa shape index (κ2) is 9.90. The number of hydrogen-bond acceptors (Lipinski definition) is 5. The van der Waals surface area contributed by atoms with Crippen molar-refractivity contribution < 1.29 is 14.3 Å². The Bertz CT molecular complexity index is 906. The third kappa shape index (κ3) is 6.09. The lowest BCUT2D eigenvalue weighted by Crippen LogP contribution is -2.25. The van der Waals surface area contributed by atoms with Gasteiger partial charge in [-0.15, -0.1) is 11.3 Å². The van der Waals surface area contributed by atoms with E-state index in [1.54, 1.807) is 35.6 Å². The molecule has 0 fully saturated rings. The molecule has 146 valence electrons. The summed E-state index contributed by atoms with van der Waals surface area (Å²) in [5.74, 6) is 1.47. The van der Waals surface area contributed by atoms with Gasteiger partial charge in [-0.25, -0.2) is 4.98 Å². The molecule has 1 aromatic heterocycles. The third-order valence-corrected chi connectivity index (χ3v) is 4.86. The Kier molecular flexibility index (Phi) is 7.03. The lowest BCUT2D eigenvalue weighted by Gasteiger charge is -2.09. The standard InChI is InChI=1S/C22H24N2O3S/c1-16-5-3-6-21(13-16)26-12-4-11-23-22(25)18-7-9-20(10-8-18)27-14-19-15-28-17(2)24-19/h3,5-10,13,15H,4,11-12,14H2,1-2H3,(H,23,25). The summed E-state index contributed by atoms with van der Waals surface area (Å²) >= 11 is 1.60. The van der Waals surface area contributed by atoms with Gasteiger partial charge in [0, 0.05) is 17.5 Å². The molecule has 0 aliphatic heterocycles. The van der Waals surface area contributed by atoms with Crippen molar-refractivity contribution >= 4 is 17.2 Å².